The van der Waals surface area contributed by atoms with E-state index in [2.05, 4.69) is 0 Å². The van der Waals surface area contributed by atoms with Gasteiger partial charge < -0.3 is 19.3 Å². The number of fused-ring (bicyclic) bond motifs is 1. The van der Waals surface area contributed by atoms with Crippen LogP contribution in [0, 0.1) is 17.0 Å². The monoisotopic (exact) mass is 490 g/mol. The lowest BCUT2D eigenvalue weighted by Gasteiger charge is -2.32. The second-order valence-electron chi connectivity index (χ2n) is 9.78. The minimum atomic E-state index is -0.796. The topological polar surface area (TPSA) is 54.7 Å². The van der Waals surface area contributed by atoms with Crippen molar-refractivity contribution in [2.45, 2.75) is 33.2 Å². The van der Waals surface area contributed by atoms with Gasteiger partial charge in [0.15, 0.2) is 11.2 Å². The Hall–Kier alpha value is -2.48. The van der Waals surface area contributed by atoms with Crippen molar-refractivity contribution in [3.05, 3.63) is 74.5 Å². The SMILES string of the molecule is CC(C)(C)[C@H](CO)n1ccc(=O)c2cc(Cc3cc(N4CCOCC4)c(F)c(Cl)c3F)ccc21. The van der Waals surface area contributed by atoms with Crippen molar-refractivity contribution in [2.75, 3.05) is 37.8 Å². The van der Waals surface area contributed by atoms with E-state index in [9.17, 15) is 18.7 Å². The minimum absolute atomic E-state index is 0.0766. The quantitative estimate of drug-likeness (QED) is 0.515. The van der Waals surface area contributed by atoms with Gasteiger partial charge in [-0.15, -0.1) is 0 Å². The molecule has 34 heavy (non-hydrogen) atoms. The molecule has 0 radical (unpaired) electrons. The number of rotatable bonds is 5. The highest BCUT2D eigenvalue weighted by Crippen LogP contribution is 2.34. The summed E-state index contributed by atoms with van der Waals surface area (Å²) in [4.78, 5) is 14.5. The molecule has 3 aromatic rings. The molecule has 0 aliphatic carbocycles. The van der Waals surface area contributed by atoms with Crippen LogP contribution in [0.4, 0.5) is 14.5 Å². The van der Waals surface area contributed by atoms with Crippen molar-refractivity contribution < 1.29 is 18.6 Å². The van der Waals surface area contributed by atoms with Gasteiger partial charge in [-0.25, -0.2) is 8.78 Å². The van der Waals surface area contributed by atoms with Crippen LogP contribution in [0.5, 0.6) is 0 Å². The van der Waals surface area contributed by atoms with Crippen LogP contribution in [0.25, 0.3) is 10.9 Å². The maximum atomic E-state index is 14.9. The second kappa shape index (κ2) is 9.64. The van der Waals surface area contributed by atoms with Crippen LogP contribution >= 0.6 is 11.6 Å². The molecule has 1 aromatic heterocycles. The molecule has 1 aliphatic rings. The minimum Gasteiger partial charge on any atom is -0.394 e. The summed E-state index contributed by atoms with van der Waals surface area (Å²) in [5, 5.41) is 9.96. The zero-order valence-electron chi connectivity index (χ0n) is 19.6. The van der Waals surface area contributed by atoms with Crippen LogP contribution in [0.1, 0.15) is 37.9 Å². The summed E-state index contributed by atoms with van der Waals surface area (Å²) in [6.07, 6.45) is 1.85. The van der Waals surface area contributed by atoms with Crippen molar-refractivity contribution >= 4 is 28.2 Å². The van der Waals surface area contributed by atoms with E-state index < -0.39 is 16.7 Å². The molecule has 0 saturated carbocycles. The predicted molar refractivity (Wildman–Crippen MR) is 131 cm³/mol. The van der Waals surface area contributed by atoms with Crippen LogP contribution < -0.4 is 10.3 Å². The first-order chi connectivity index (χ1) is 16.1. The molecule has 2 heterocycles. The first-order valence-electron chi connectivity index (χ1n) is 11.4. The van der Waals surface area contributed by atoms with Crippen molar-refractivity contribution in [1.82, 2.24) is 4.57 Å². The van der Waals surface area contributed by atoms with Crippen LogP contribution in [0.15, 0.2) is 41.3 Å². The summed E-state index contributed by atoms with van der Waals surface area (Å²) in [6.45, 7) is 7.92. The number of ether oxygens (including phenoxy) is 1. The van der Waals surface area contributed by atoms with Gasteiger partial charge in [-0.05, 0) is 34.7 Å². The molecule has 2 aromatic carbocycles. The van der Waals surface area contributed by atoms with Gasteiger partial charge in [0.2, 0.25) is 0 Å². The lowest BCUT2D eigenvalue weighted by atomic mass is 9.86. The zero-order valence-corrected chi connectivity index (χ0v) is 20.3. The fourth-order valence-electron chi connectivity index (χ4n) is 4.51. The van der Waals surface area contributed by atoms with E-state index in [4.69, 9.17) is 16.3 Å². The predicted octanol–water partition coefficient (Wildman–Crippen LogP) is 4.94. The Morgan fingerprint density at radius 1 is 1.12 bits per heavy atom. The van der Waals surface area contributed by atoms with Crippen LogP contribution in [0.2, 0.25) is 5.02 Å². The Bertz CT molecular complexity index is 1260. The summed E-state index contributed by atoms with van der Waals surface area (Å²) < 4.78 is 36.9. The Labute approximate surface area is 202 Å². The third-order valence-electron chi connectivity index (χ3n) is 6.45. The van der Waals surface area contributed by atoms with Gasteiger partial charge in [0.1, 0.15) is 10.8 Å². The largest absolute Gasteiger partial charge is 0.394 e. The highest BCUT2D eigenvalue weighted by atomic mass is 35.5. The van der Waals surface area contributed by atoms with Crippen LogP contribution in [-0.4, -0.2) is 42.6 Å². The molecule has 5 nitrogen and oxygen atoms in total. The summed E-state index contributed by atoms with van der Waals surface area (Å²) in [6, 6.07) is 8.11. The van der Waals surface area contributed by atoms with E-state index in [1.54, 1.807) is 17.2 Å². The molecule has 8 heteroatoms. The number of aliphatic hydroxyl groups is 1. The molecule has 182 valence electrons. The molecule has 1 aliphatic heterocycles. The van der Waals surface area contributed by atoms with E-state index >= 15 is 0 Å². The molecule has 1 fully saturated rings. The second-order valence-corrected chi connectivity index (χ2v) is 10.2. The average molecular weight is 491 g/mol. The molecule has 1 atom stereocenters. The summed E-state index contributed by atoms with van der Waals surface area (Å²) in [5.41, 5.74) is 1.50. The number of hydrogen-bond donors (Lipinski definition) is 1. The standard InChI is InChI=1S/C26H29ClF2N2O3/c1-26(2,3)22(15-32)31-7-6-21(33)18-13-16(4-5-19(18)31)12-17-14-20(25(29)23(27)24(17)28)30-8-10-34-11-9-30/h4-7,13-14,22,32H,8-12,15H2,1-3H3/t22-/m0/s1. The Kier molecular flexibility index (Phi) is 6.99. The molecule has 1 N–H and O–H groups in total. The Morgan fingerprint density at radius 3 is 2.47 bits per heavy atom. The van der Waals surface area contributed by atoms with Crippen LogP contribution in [0.3, 0.4) is 0 Å². The Balaban J connectivity index is 1.75. The van der Waals surface area contributed by atoms with Crippen molar-refractivity contribution in [3.8, 4) is 0 Å². The number of aromatic nitrogens is 1. The maximum Gasteiger partial charge on any atom is 0.189 e. The molecule has 0 spiro atoms. The molecule has 0 unspecified atom stereocenters. The number of morpholine rings is 1. The van der Waals surface area contributed by atoms with Crippen molar-refractivity contribution in [3.63, 3.8) is 0 Å². The van der Waals surface area contributed by atoms with Gasteiger partial charge in [0, 0.05) is 37.2 Å². The highest BCUT2D eigenvalue weighted by molar-refractivity contribution is 6.31. The number of aliphatic hydroxyl groups excluding tert-OH is 1. The summed E-state index contributed by atoms with van der Waals surface area (Å²) >= 11 is 6.02. The zero-order chi connectivity index (χ0) is 24.6. The normalized spacial score (nSPS) is 15.7. The van der Waals surface area contributed by atoms with E-state index in [1.807, 2.05) is 37.5 Å². The third-order valence-corrected chi connectivity index (χ3v) is 6.78. The van der Waals surface area contributed by atoms with Crippen molar-refractivity contribution in [2.24, 2.45) is 5.41 Å². The van der Waals surface area contributed by atoms with Gasteiger partial charge in [-0.1, -0.05) is 38.4 Å². The van der Waals surface area contributed by atoms with Gasteiger partial charge in [-0.3, -0.25) is 4.79 Å². The molecular formula is C26H29ClF2N2O3. The number of benzene rings is 2. The molecule has 4 rings (SSSR count). The molecule has 1 saturated heterocycles. The van der Waals surface area contributed by atoms with Crippen molar-refractivity contribution in [1.29, 1.82) is 0 Å². The smallest absolute Gasteiger partial charge is 0.189 e. The number of nitrogens with zero attached hydrogens (tertiary/aromatic N) is 2. The van der Waals surface area contributed by atoms with Gasteiger partial charge in [-0.2, -0.15) is 0 Å². The van der Waals surface area contributed by atoms with Crippen LogP contribution in [-0.2, 0) is 11.2 Å². The first kappa shape index (κ1) is 24.6. The molecule has 0 amide bonds. The number of pyridine rings is 1. The van der Waals surface area contributed by atoms with Gasteiger partial charge in [0.05, 0.1) is 37.1 Å². The maximum absolute atomic E-state index is 14.9. The number of anilines is 1. The summed E-state index contributed by atoms with van der Waals surface area (Å²) in [5.74, 6) is -1.57. The van der Waals surface area contributed by atoms with Gasteiger partial charge >= 0.3 is 0 Å². The fourth-order valence-corrected chi connectivity index (χ4v) is 4.73. The van der Waals surface area contributed by atoms with E-state index in [1.165, 1.54) is 12.1 Å². The summed E-state index contributed by atoms with van der Waals surface area (Å²) in [7, 11) is 0. The third kappa shape index (κ3) is 4.69. The highest BCUT2D eigenvalue weighted by Gasteiger charge is 2.27. The van der Waals surface area contributed by atoms with Gasteiger partial charge in [0.25, 0.3) is 0 Å². The molecule has 0 bridgehead atoms. The fraction of sp³-hybridized carbons (Fsp3) is 0.423. The van der Waals surface area contributed by atoms with E-state index in [-0.39, 0.29) is 41.2 Å². The number of hydrogen-bond acceptors (Lipinski definition) is 4. The average Bonchev–Trinajstić information content (AvgIpc) is 2.81. The van der Waals surface area contributed by atoms with E-state index in [0.29, 0.717) is 42.8 Å². The lowest BCUT2D eigenvalue weighted by molar-refractivity contribution is 0.122. The number of halogens is 3. The molecular weight excluding hydrogens is 462 g/mol. The van der Waals surface area contributed by atoms with E-state index in [0.717, 1.165) is 0 Å². The Morgan fingerprint density at radius 2 is 1.82 bits per heavy atom. The first-order valence-corrected chi connectivity index (χ1v) is 11.7. The lowest BCUT2D eigenvalue weighted by Crippen LogP contribution is -2.37.